The zero-order valence-electron chi connectivity index (χ0n) is 12.1. The minimum atomic E-state index is -2.49. The molecule has 8 heteroatoms. The molecule has 3 rings (SSSR count). The van der Waals surface area contributed by atoms with Gasteiger partial charge in [0.2, 0.25) is 0 Å². The van der Waals surface area contributed by atoms with Crippen LogP contribution in [0.4, 0.5) is 8.78 Å². The highest BCUT2D eigenvalue weighted by molar-refractivity contribution is 7.99. The number of furan rings is 1. The smallest absolute Gasteiger partial charge is 0.338 e. The molecule has 0 fully saturated rings. The van der Waals surface area contributed by atoms with Crippen LogP contribution in [-0.4, -0.2) is 16.7 Å². The van der Waals surface area contributed by atoms with E-state index in [2.05, 4.69) is 4.98 Å². The summed E-state index contributed by atoms with van der Waals surface area (Å²) in [5.74, 6) is -2.36. The normalized spacial score (nSPS) is 11.0. The summed E-state index contributed by atoms with van der Waals surface area (Å²) in [6.45, 7) is 0.0313. The Bertz CT molecular complexity index is 801. The molecule has 24 heavy (non-hydrogen) atoms. The van der Waals surface area contributed by atoms with Crippen molar-refractivity contribution in [3.63, 3.8) is 0 Å². The maximum Gasteiger partial charge on any atom is 0.338 e. The molecule has 124 valence electrons. The van der Waals surface area contributed by atoms with Crippen LogP contribution in [0.3, 0.4) is 0 Å². The average Bonchev–Trinajstić information content (AvgIpc) is 3.24. The molecule has 0 bridgehead atoms. The molecule has 0 saturated heterocycles. The van der Waals surface area contributed by atoms with Crippen molar-refractivity contribution in [2.24, 2.45) is 0 Å². The van der Waals surface area contributed by atoms with Crippen molar-refractivity contribution in [2.75, 3.05) is 0 Å². The second-order valence-corrected chi connectivity index (χ2v) is 6.52. The standard InChI is InChI=1S/C16H11F2NO3S2/c17-16(18)24-12-5-3-10(4-6-12)15(20)22-8-11-9-23-14(19-11)13-2-1-7-21-13/h1-7,9,16H,8H2. The zero-order chi connectivity index (χ0) is 16.9. The predicted octanol–water partition coefficient (Wildman–Crippen LogP) is 5.07. The number of thiazole rings is 1. The number of thioether (sulfide) groups is 1. The minimum absolute atomic E-state index is 0.0313. The summed E-state index contributed by atoms with van der Waals surface area (Å²) in [5.41, 5.74) is 0.916. The summed E-state index contributed by atoms with van der Waals surface area (Å²) >= 11 is 1.82. The lowest BCUT2D eigenvalue weighted by Crippen LogP contribution is -2.05. The monoisotopic (exact) mass is 367 g/mol. The van der Waals surface area contributed by atoms with Crippen LogP contribution >= 0.6 is 23.1 Å². The fraction of sp³-hybridized carbons (Fsp3) is 0.125. The minimum Gasteiger partial charge on any atom is -0.462 e. The molecular weight excluding hydrogens is 356 g/mol. The quantitative estimate of drug-likeness (QED) is 0.449. The van der Waals surface area contributed by atoms with Gasteiger partial charge in [-0.2, -0.15) is 8.78 Å². The average molecular weight is 367 g/mol. The Balaban J connectivity index is 1.57. The highest BCUT2D eigenvalue weighted by Gasteiger charge is 2.12. The van der Waals surface area contributed by atoms with E-state index in [0.717, 1.165) is 0 Å². The van der Waals surface area contributed by atoms with Gasteiger partial charge >= 0.3 is 5.97 Å². The Kier molecular flexibility index (Phi) is 5.27. The van der Waals surface area contributed by atoms with Crippen molar-refractivity contribution >= 4 is 29.1 Å². The van der Waals surface area contributed by atoms with Crippen molar-refractivity contribution in [3.05, 3.63) is 59.3 Å². The Hall–Kier alpha value is -2.19. The number of halogens is 2. The van der Waals surface area contributed by atoms with Gasteiger partial charge in [-0.1, -0.05) is 11.8 Å². The van der Waals surface area contributed by atoms with Gasteiger partial charge in [0, 0.05) is 10.3 Å². The van der Waals surface area contributed by atoms with E-state index in [1.807, 2.05) is 0 Å². The van der Waals surface area contributed by atoms with Gasteiger partial charge in [-0.3, -0.25) is 0 Å². The van der Waals surface area contributed by atoms with Gasteiger partial charge in [0.1, 0.15) is 6.61 Å². The molecule has 2 heterocycles. The second kappa shape index (κ2) is 7.59. The molecule has 0 aliphatic heterocycles. The summed E-state index contributed by atoms with van der Waals surface area (Å²) in [6.07, 6.45) is 1.56. The number of carbonyl (C=O) groups excluding carboxylic acids is 1. The van der Waals surface area contributed by atoms with Crippen molar-refractivity contribution in [1.82, 2.24) is 4.98 Å². The molecule has 0 unspecified atom stereocenters. The van der Waals surface area contributed by atoms with Crippen LogP contribution in [0.5, 0.6) is 0 Å². The second-order valence-electron chi connectivity index (χ2n) is 4.60. The van der Waals surface area contributed by atoms with E-state index in [4.69, 9.17) is 9.15 Å². The number of nitrogens with zero attached hydrogens (tertiary/aromatic N) is 1. The van der Waals surface area contributed by atoms with Crippen molar-refractivity contribution in [2.45, 2.75) is 17.3 Å². The Morgan fingerprint density at radius 3 is 2.75 bits per heavy atom. The first-order chi connectivity index (χ1) is 11.6. The molecule has 0 amide bonds. The lowest BCUT2D eigenvalue weighted by molar-refractivity contribution is 0.0468. The molecule has 0 aliphatic carbocycles. The van der Waals surface area contributed by atoms with Crippen molar-refractivity contribution < 1.29 is 22.7 Å². The molecule has 0 N–H and O–H groups in total. The van der Waals surface area contributed by atoms with Crippen LogP contribution in [0.25, 0.3) is 10.8 Å². The lowest BCUT2D eigenvalue weighted by atomic mass is 10.2. The van der Waals surface area contributed by atoms with Gasteiger partial charge < -0.3 is 9.15 Å². The summed E-state index contributed by atoms with van der Waals surface area (Å²) < 4.78 is 34.9. The first-order valence-electron chi connectivity index (χ1n) is 6.82. The van der Waals surface area contributed by atoms with E-state index in [0.29, 0.717) is 38.7 Å². The molecule has 0 atom stereocenters. The van der Waals surface area contributed by atoms with Gasteiger partial charge in [0.05, 0.1) is 17.5 Å². The Labute approximate surface area is 144 Å². The van der Waals surface area contributed by atoms with Crippen molar-refractivity contribution in [3.8, 4) is 10.8 Å². The molecule has 2 aromatic heterocycles. The van der Waals surface area contributed by atoms with Crippen molar-refractivity contribution in [1.29, 1.82) is 0 Å². The summed E-state index contributed by atoms with van der Waals surface area (Å²) in [6, 6.07) is 9.42. The number of carbonyl (C=O) groups is 1. The predicted molar refractivity (Wildman–Crippen MR) is 87.2 cm³/mol. The van der Waals surface area contributed by atoms with Crippen LogP contribution in [0.2, 0.25) is 0 Å². The van der Waals surface area contributed by atoms with Crippen LogP contribution in [0.15, 0.2) is 57.4 Å². The van der Waals surface area contributed by atoms with Crippen LogP contribution < -0.4 is 0 Å². The molecule has 0 saturated carbocycles. The van der Waals surface area contributed by atoms with Crippen LogP contribution in [-0.2, 0) is 11.3 Å². The van der Waals surface area contributed by atoms with Crippen LogP contribution in [0, 0.1) is 0 Å². The lowest BCUT2D eigenvalue weighted by Gasteiger charge is -2.04. The number of benzene rings is 1. The van der Waals surface area contributed by atoms with Gasteiger partial charge in [-0.15, -0.1) is 11.3 Å². The SMILES string of the molecule is O=C(OCc1csc(-c2ccco2)n1)c1ccc(SC(F)F)cc1. The van der Waals surface area contributed by atoms with E-state index >= 15 is 0 Å². The Morgan fingerprint density at radius 1 is 1.29 bits per heavy atom. The van der Waals surface area contributed by atoms with Gasteiger partial charge in [-0.25, -0.2) is 9.78 Å². The molecule has 1 aromatic carbocycles. The number of aromatic nitrogens is 1. The number of esters is 1. The molecule has 0 aliphatic rings. The van der Waals surface area contributed by atoms with E-state index in [9.17, 15) is 13.6 Å². The molecular formula is C16H11F2NO3S2. The molecule has 0 spiro atoms. The number of hydrogen-bond donors (Lipinski definition) is 0. The van der Waals surface area contributed by atoms with E-state index in [-0.39, 0.29) is 6.61 Å². The topological polar surface area (TPSA) is 52.3 Å². The Morgan fingerprint density at radius 2 is 2.08 bits per heavy atom. The number of ether oxygens (including phenoxy) is 1. The van der Waals surface area contributed by atoms with E-state index < -0.39 is 11.7 Å². The third kappa shape index (κ3) is 4.21. The maximum absolute atomic E-state index is 12.3. The largest absolute Gasteiger partial charge is 0.462 e. The van der Waals surface area contributed by atoms with E-state index in [1.54, 1.807) is 23.8 Å². The maximum atomic E-state index is 12.3. The molecule has 3 aromatic rings. The highest BCUT2D eigenvalue weighted by Crippen LogP contribution is 2.26. The summed E-state index contributed by atoms with van der Waals surface area (Å²) in [5, 5.41) is 2.49. The summed E-state index contributed by atoms with van der Waals surface area (Å²) in [7, 11) is 0. The third-order valence-electron chi connectivity index (χ3n) is 2.95. The number of hydrogen-bond acceptors (Lipinski definition) is 6. The third-order valence-corrected chi connectivity index (χ3v) is 4.58. The molecule has 4 nitrogen and oxygen atoms in total. The fourth-order valence-electron chi connectivity index (χ4n) is 1.88. The number of alkyl halides is 2. The zero-order valence-corrected chi connectivity index (χ0v) is 13.8. The van der Waals surface area contributed by atoms with Gasteiger partial charge in [0.25, 0.3) is 5.76 Å². The van der Waals surface area contributed by atoms with Crippen LogP contribution in [0.1, 0.15) is 16.1 Å². The first kappa shape index (κ1) is 16.7. The van der Waals surface area contributed by atoms with Gasteiger partial charge in [0.15, 0.2) is 10.8 Å². The highest BCUT2D eigenvalue weighted by atomic mass is 32.2. The van der Waals surface area contributed by atoms with Gasteiger partial charge in [-0.05, 0) is 36.4 Å². The fourth-order valence-corrected chi connectivity index (χ4v) is 3.15. The van der Waals surface area contributed by atoms with E-state index in [1.165, 1.54) is 35.6 Å². The molecule has 0 radical (unpaired) electrons. The first-order valence-corrected chi connectivity index (χ1v) is 8.58. The number of rotatable bonds is 6. The summed E-state index contributed by atoms with van der Waals surface area (Å²) in [4.78, 5) is 16.7.